The molecule has 1 unspecified atom stereocenters. The molecular formula is C25H22F4N6O3. The van der Waals surface area contributed by atoms with Crippen LogP contribution >= 0.6 is 0 Å². The highest BCUT2D eigenvalue weighted by atomic mass is 19.4. The lowest BCUT2D eigenvalue weighted by molar-refractivity contribution is -0.192. The van der Waals surface area contributed by atoms with Crippen molar-refractivity contribution >= 4 is 23.3 Å². The summed E-state index contributed by atoms with van der Waals surface area (Å²) in [6.07, 6.45) is 2.21. The predicted molar refractivity (Wildman–Crippen MR) is 128 cm³/mol. The van der Waals surface area contributed by atoms with E-state index in [4.69, 9.17) is 14.9 Å². The summed E-state index contributed by atoms with van der Waals surface area (Å²) in [7, 11) is 0. The van der Waals surface area contributed by atoms with Crippen LogP contribution in [0.5, 0.6) is 0 Å². The molecule has 1 aliphatic heterocycles. The molecular weight excluding hydrogens is 508 g/mol. The molecule has 13 heteroatoms. The molecule has 0 bridgehead atoms. The highest BCUT2D eigenvalue weighted by Gasteiger charge is 2.38. The van der Waals surface area contributed by atoms with Crippen molar-refractivity contribution in [1.29, 1.82) is 0 Å². The maximum absolute atomic E-state index is 13.1. The fraction of sp³-hybridized carbons (Fsp3) is 0.240. The number of aromatic nitrogens is 4. The van der Waals surface area contributed by atoms with Gasteiger partial charge in [-0.2, -0.15) is 13.2 Å². The van der Waals surface area contributed by atoms with Gasteiger partial charge in [0.25, 0.3) is 5.91 Å². The van der Waals surface area contributed by atoms with E-state index in [1.165, 1.54) is 12.1 Å². The number of halogens is 4. The number of nitrogens with one attached hydrogen (secondary N) is 1. The number of carboxylic acid groups (broad SMARTS) is 1. The zero-order chi connectivity index (χ0) is 27.3. The summed E-state index contributed by atoms with van der Waals surface area (Å²) in [6, 6.07) is 13.6. The Balaban J connectivity index is 0.000000426. The number of carbonyl (C=O) groups excluding carboxylic acids is 1. The molecule has 0 aliphatic carbocycles. The van der Waals surface area contributed by atoms with Gasteiger partial charge in [-0.1, -0.05) is 18.2 Å². The number of fused-ring (bicyclic) bond motifs is 1. The minimum Gasteiger partial charge on any atom is -0.475 e. The largest absolute Gasteiger partial charge is 0.490 e. The normalized spacial score (nSPS) is 15.2. The molecule has 3 aromatic heterocycles. The maximum Gasteiger partial charge on any atom is 0.490 e. The van der Waals surface area contributed by atoms with Gasteiger partial charge in [-0.25, -0.2) is 24.1 Å². The number of carboxylic acids is 1. The molecule has 1 aromatic carbocycles. The zero-order valence-corrected chi connectivity index (χ0v) is 19.8. The van der Waals surface area contributed by atoms with Crippen molar-refractivity contribution in [2.75, 3.05) is 11.4 Å². The van der Waals surface area contributed by atoms with Gasteiger partial charge in [0.2, 0.25) is 5.95 Å². The first-order chi connectivity index (χ1) is 18.1. The second-order valence-corrected chi connectivity index (χ2v) is 8.29. The minimum atomic E-state index is -5.08. The topological polar surface area (TPSA) is 113 Å². The first-order valence-electron chi connectivity index (χ1n) is 11.5. The van der Waals surface area contributed by atoms with Gasteiger partial charge in [-0.05, 0) is 48.7 Å². The Morgan fingerprint density at radius 1 is 1.05 bits per heavy atom. The molecule has 0 saturated carbocycles. The Bertz CT molecular complexity index is 1410. The van der Waals surface area contributed by atoms with Crippen LogP contribution in [-0.4, -0.2) is 49.1 Å². The quantitative estimate of drug-likeness (QED) is 0.373. The lowest BCUT2D eigenvalue weighted by Crippen LogP contribution is -2.26. The molecule has 4 aromatic rings. The van der Waals surface area contributed by atoms with Crippen molar-refractivity contribution in [3.63, 3.8) is 0 Å². The number of anilines is 1. The summed E-state index contributed by atoms with van der Waals surface area (Å²) >= 11 is 0. The Hall–Kier alpha value is -4.55. The molecule has 1 saturated heterocycles. The van der Waals surface area contributed by atoms with E-state index in [2.05, 4.69) is 20.2 Å². The molecule has 38 heavy (non-hydrogen) atoms. The van der Waals surface area contributed by atoms with Gasteiger partial charge < -0.3 is 19.7 Å². The average molecular weight is 530 g/mol. The van der Waals surface area contributed by atoms with E-state index in [0.717, 1.165) is 36.3 Å². The van der Waals surface area contributed by atoms with Crippen molar-refractivity contribution in [1.82, 2.24) is 24.7 Å². The smallest absolute Gasteiger partial charge is 0.475 e. The molecule has 9 nitrogen and oxygen atoms in total. The molecule has 1 aliphatic rings. The first-order valence-corrected chi connectivity index (χ1v) is 11.5. The van der Waals surface area contributed by atoms with E-state index in [1.807, 2.05) is 28.8 Å². The number of hydrogen-bond acceptors (Lipinski definition) is 6. The van der Waals surface area contributed by atoms with Crippen molar-refractivity contribution in [3.05, 3.63) is 90.0 Å². The van der Waals surface area contributed by atoms with E-state index < -0.39 is 12.1 Å². The highest BCUT2D eigenvalue weighted by Crippen LogP contribution is 2.34. The SMILES string of the molecule is O=C(NCc1ccc(F)cc1)c1nc(C2CCCN2c2ncccn2)n2ccccc12.O=C(O)C(F)(F)F. The summed E-state index contributed by atoms with van der Waals surface area (Å²) in [4.78, 5) is 37.6. The Morgan fingerprint density at radius 2 is 1.74 bits per heavy atom. The van der Waals surface area contributed by atoms with Gasteiger partial charge in [0.05, 0.1) is 11.6 Å². The summed E-state index contributed by atoms with van der Waals surface area (Å²) in [5, 5.41) is 10.0. The molecule has 4 heterocycles. The molecule has 0 spiro atoms. The number of hydrogen-bond donors (Lipinski definition) is 2. The third-order valence-corrected chi connectivity index (χ3v) is 5.76. The van der Waals surface area contributed by atoms with E-state index in [0.29, 0.717) is 18.2 Å². The summed E-state index contributed by atoms with van der Waals surface area (Å²) < 4.78 is 46.8. The van der Waals surface area contributed by atoms with Gasteiger partial charge in [0.15, 0.2) is 5.69 Å². The molecule has 2 N–H and O–H groups in total. The van der Waals surface area contributed by atoms with Crippen LogP contribution < -0.4 is 10.2 Å². The number of benzene rings is 1. The van der Waals surface area contributed by atoms with Crippen LogP contribution in [0.15, 0.2) is 67.1 Å². The number of amides is 1. The van der Waals surface area contributed by atoms with Crippen LogP contribution in [0.3, 0.4) is 0 Å². The van der Waals surface area contributed by atoms with Crippen molar-refractivity contribution in [2.45, 2.75) is 31.6 Å². The number of pyridine rings is 1. The number of nitrogens with zero attached hydrogens (tertiary/aromatic N) is 5. The van der Waals surface area contributed by atoms with Crippen LogP contribution in [-0.2, 0) is 11.3 Å². The Labute approximate surface area is 213 Å². The lowest BCUT2D eigenvalue weighted by Gasteiger charge is -2.23. The Morgan fingerprint density at radius 3 is 2.39 bits per heavy atom. The van der Waals surface area contributed by atoms with Gasteiger partial charge in [-0.15, -0.1) is 0 Å². The van der Waals surface area contributed by atoms with Crippen LogP contribution in [0.4, 0.5) is 23.5 Å². The number of rotatable bonds is 5. The van der Waals surface area contributed by atoms with Crippen molar-refractivity contribution in [2.24, 2.45) is 0 Å². The van der Waals surface area contributed by atoms with Crippen LogP contribution in [0.25, 0.3) is 5.52 Å². The lowest BCUT2D eigenvalue weighted by atomic mass is 10.2. The van der Waals surface area contributed by atoms with Crippen LogP contribution in [0, 0.1) is 5.82 Å². The van der Waals surface area contributed by atoms with Gasteiger partial charge in [0, 0.05) is 31.7 Å². The second kappa shape index (κ2) is 11.2. The third-order valence-electron chi connectivity index (χ3n) is 5.76. The van der Waals surface area contributed by atoms with Gasteiger partial charge >= 0.3 is 12.1 Å². The second-order valence-electron chi connectivity index (χ2n) is 8.29. The van der Waals surface area contributed by atoms with E-state index in [9.17, 15) is 22.4 Å². The monoisotopic (exact) mass is 530 g/mol. The fourth-order valence-corrected chi connectivity index (χ4v) is 4.05. The molecule has 1 atom stereocenters. The fourth-order valence-electron chi connectivity index (χ4n) is 4.05. The van der Waals surface area contributed by atoms with Crippen molar-refractivity contribution in [3.8, 4) is 0 Å². The highest BCUT2D eigenvalue weighted by molar-refractivity contribution is 5.99. The molecule has 1 fully saturated rings. The standard InChI is InChI=1S/C23H21FN6O.C2HF3O2/c24-17-9-7-16(8-10-17)15-27-22(31)20-18-5-1-2-13-29(18)21(28-20)19-6-3-14-30(19)23-25-11-4-12-26-23;3-2(4,5)1(6)7/h1-2,4-5,7-13,19H,3,6,14-15H2,(H,27,31);(H,6,7). The number of carbonyl (C=O) groups is 2. The number of imidazole rings is 1. The maximum atomic E-state index is 13.1. The van der Waals surface area contributed by atoms with Gasteiger partial charge in [-0.3, -0.25) is 4.79 Å². The van der Waals surface area contributed by atoms with Gasteiger partial charge in [0.1, 0.15) is 11.6 Å². The number of aliphatic carboxylic acids is 1. The van der Waals surface area contributed by atoms with E-state index >= 15 is 0 Å². The average Bonchev–Trinajstić information content (AvgIpc) is 3.54. The first kappa shape index (κ1) is 26.5. The Kier molecular flexibility index (Phi) is 7.84. The summed E-state index contributed by atoms with van der Waals surface area (Å²) in [5.74, 6) is -1.86. The number of alkyl halides is 3. The van der Waals surface area contributed by atoms with Crippen molar-refractivity contribution < 1.29 is 32.3 Å². The summed E-state index contributed by atoms with van der Waals surface area (Å²) in [6.45, 7) is 1.14. The molecule has 5 rings (SSSR count). The zero-order valence-electron chi connectivity index (χ0n) is 19.8. The van der Waals surface area contributed by atoms with E-state index in [-0.39, 0.29) is 17.8 Å². The predicted octanol–water partition coefficient (Wildman–Crippen LogP) is 4.17. The molecule has 0 radical (unpaired) electrons. The molecule has 1 amide bonds. The third kappa shape index (κ3) is 6.05. The van der Waals surface area contributed by atoms with E-state index in [1.54, 1.807) is 30.6 Å². The minimum absolute atomic E-state index is 0.0176. The van der Waals surface area contributed by atoms with Crippen LogP contribution in [0.1, 0.15) is 40.8 Å². The summed E-state index contributed by atoms with van der Waals surface area (Å²) in [5.41, 5.74) is 1.94. The van der Waals surface area contributed by atoms with Crippen LogP contribution in [0.2, 0.25) is 0 Å². The molecule has 198 valence electrons.